The number of sulfonamides is 1. The van der Waals surface area contributed by atoms with Crippen molar-refractivity contribution in [2.45, 2.75) is 43.3 Å². The summed E-state index contributed by atoms with van der Waals surface area (Å²) in [7, 11) is -4.01. The first-order valence-corrected chi connectivity index (χ1v) is 8.08. The second kappa shape index (κ2) is 8.71. The van der Waals surface area contributed by atoms with Gasteiger partial charge in [-0.2, -0.15) is 13.2 Å². The van der Waals surface area contributed by atoms with E-state index in [2.05, 4.69) is 4.72 Å². The van der Waals surface area contributed by atoms with Gasteiger partial charge in [-0.15, -0.1) is 12.4 Å². The van der Waals surface area contributed by atoms with Gasteiger partial charge in [-0.3, -0.25) is 0 Å². The average Bonchev–Trinajstić information content (AvgIpc) is 2.42. The van der Waals surface area contributed by atoms with E-state index in [0.717, 1.165) is 31.0 Å². The summed E-state index contributed by atoms with van der Waals surface area (Å²) in [5, 5.41) is 0. The first-order chi connectivity index (χ1) is 9.70. The lowest BCUT2D eigenvalue weighted by Crippen LogP contribution is -2.40. The molecule has 0 aliphatic rings. The van der Waals surface area contributed by atoms with E-state index in [1.54, 1.807) is 0 Å². The zero-order chi connectivity index (χ0) is 16.1. The highest BCUT2D eigenvalue weighted by Gasteiger charge is 2.31. The lowest BCUT2D eigenvalue weighted by molar-refractivity contribution is -0.137. The fraction of sp³-hybridized carbons (Fsp3) is 0.538. The van der Waals surface area contributed by atoms with Crippen molar-refractivity contribution in [3.8, 4) is 0 Å². The molecule has 0 radical (unpaired) electrons. The van der Waals surface area contributed by atoms with Crippen LogP contribution in [0, 0.1) is 0 Å². The van der Waals surface area contributed by atoms with Crippen molar-refractivity contribution in [3.05, 3.63) is 29.8 Å². The van der Waals surface area contributed by atoms with Crippen LogP contribution in [0.1, 0.15) is 31.7 Å². The molecule has 22 heavy (non-hydrogen) atoms. The van der Waals surface area contributed by atoms with Gasteiger partial charge in [0.1, 0.15) is 0 Å². The molecule has 0 aliphatic heterocycles. The van der Waals surface area contributed by atoms with E-state index in [-0.39, 0.29) is 19.0 Å². The molecule has 9 heteroatoms. The molecule has 0 amide bonds. The first kappa shape index (κ1) is 21.2. The Balaban J connectivity index is 0.00000441. The number of alkyl halides is 3. The number of rotatable bonds is 7. The van der Waals surface area contributed by atoms with Crippen LogP contribution in [-0.4, -0.2) is 21.0 Å². The van der Waals surface area contributed by atoms with Gasteiger partial charge < -0.3 is 5.73 Å². The van der Waals surface area contributed by atoms with E-state index in [4.69, 9.17) is 5.73 Å². The first-order valence-electron chi connectivity index (χ1n) is 6.60. The third kappa shape index (κ3) is 6.12. The van der Waals surface area contributed by atoms with Gasteiger partial charge in [-0.25, -0.2) is 13.1 Å². The Hall–Kier alpha value is -0.830. The Kier molecular flexibility index (Phi) is 8.38. The lowest BCUT2D eigenvalue weighted by atomic mass is 10.1. The Bertz CT molecular complexity index is 565. The maximum absolute atomic E-state index is 12.6. The van der Waals surface area contributed by atoms with Crippen LogP contribution in [0.2, 0.25) is 0 Å². The zero-order valence-corrected chi connectivity index (χ0v) is 13.7. The quantitative estimate of drug-likeness (QED) is 0.785. The Morgan fingerprint density at radius 2 is 1.95 bits per heavy atom. The molecule has 0 saturated heterocycles. The highest BCUT2D eigenvalue weighted by Crippen LogP contribution is 2.30. The van der Waals surface area contributed by atoms with Crippen molar-refractivity contribution in [1.29, 1.82) is 0 Å². The number of hydrogen-bond acceptors (Lipinski definition) is 3. The van der Waals surface area contributed by atoms with Crippen LogP contribution in [0.3, 0.4) is 0 Å². The maximum Gasteiger partial charge on any atom is 0.416 e. The third-order valence-electron chi connectivity index (χ3n) is 2.98. The second-order valence-electron chi connectivity index (χ2n) is 4.72. The SMILES string of the molecule is CCCCC(CN)NS(=O)(=O)c1cccc(C(F)(F)F)c1.Cl. The third-order valence-corrected chi connectivity index (χ3v) is 4.50. The molecule has 0 spiro atoms. The van der Waals surface area contributed by atoms with Crippen LogP contribution < -0.4 is 10.5 Å². The normalized spacial score (nSPS) is 13.5. The second-order valence-corrected chi connectivity index (χ2v) is 6.44. The summed E-state index contributed by atoms with van der Waals surface area (Å²) in [5.74, 6) is 0. The minimum atomic E-state index is -4.58. The predicted octanol–water partition coefficient (Wildman–Crippen LogP) is 2.92. The van der Waals surface area contributed by atoms with Gasteiger partial charge in [-0.1, -0.05) is 25.8 Å². The number of unbranched alkanes of at least 4 members (excludes halogenated alkanes) is 1. The van der Waals surface area contributed by atoms with E-state index in [9.17, 15) is 21.6 Å². The molecule has 0 aromatic heterocycles. The standard InChI is InChI=1S/C13H19F3N2O2S.ClH/c1-2-3-6-11(9-17)18-21(19,20)12-7-4-5-10(8-12)13(14,15)16;/h4-5,7-8,11,18H,2-3,6,9,17H2,1H3;1H. The van der Waals surface area contributed by atoms with Gasteiger partial charge in [0.25, 0.3) is 0 Å². The summed E-state index contributed by atoms with van der Waals surface area (Å²) in [6.07, 6.45) is -2.37. The Morgan fingerprint density at radius 1 is 1.32 bits per heavy atom. The smallest absolute Gasteiger partial charge is 0.329 e. The van der Waals surface area contributed by atoms with Gasteiger partial charge in [0, 0.05) is 12.6 Å². The summed E-state index contributed by atoms with van der Waals surface area (Å²) in [5.41, 5.74) is 4.49. The highest BCUT2D eigenvalue weighted by molar-refractivity contribution is 7.89. The monoisotopic (exact) mass is 360 g/mol. The molecule has 1 atom stereocenters. The minimum absolute atomic E-state index is 0. The van der Waals surface area contributed by atoms with Gasteiger partial charge in [0.2, 0.25) is 10.0 Å². The van der Waals surface area contributed by atoms with E-state index >= 15 is 0 Å². The molecule has 4 nitrogen and oxygen atoms in total. The molecule has 0 fully saturated rings. The zero-order valence-electron chi connectivity index (χ0n) is 12.1. The minimum Gasteiger partial charge on any atom is -0.329 e. The molecule has 3 N–H and O–H groups in total. The van der Waals surface area contributed by atoms with Gasteiger partial charge >= 0.3 is 6.18 Å². The summed E-state index contributed by atoms with van der Waals surface area (Å²) < 4.78 is 64.4. The fourth-order valence-corrected chi connectivity index (χ4v) is 3.13. The van der Waals surface area contributed by atoms with Crippen LogP contribution in [0.15, 0.2) is 29.2 Å². The van der Waals surface area contributed by atoms with E-state index in [0.29, 0.717) is 12.5 Å². The van der Waals surface area contributed by atoms with Crippen LogP contribution in [0.5, 0.6) is 0 Å². The molecular formula is C13H20ClF3N2O2S. The van der Waals surface area contributed by atoms with Crippen LogP contribution in [-0.2, 0) is 16.2 Å². The number of hydrogen-bond donors (Lipinski definition) is 2. The van der Waals surface area contributed by atoms with Crippen molar-refractivity contribution >= 4 is 22.4 Å². The highest BCUT2D eigenvalue weighted by atomic mass is 35.5. The average molecular weight is 361 g/mol. The molecule has 1 aromatic carbocycles. The lowest BCUT2D eigenvalue weighted by Gasteiger charge is -2.17. The van der Waals surface area contributed by atoms with Crippen LogP contribution in [0.4, 0.5) is 13.2 Å². The number of nitrogens with two attached hydrogens (primary N) is 1. The van der Waals surface area contributed by atoms with Crippen molar-refractivity contribution in [1.82, 2.24) is 4.72 Å². The van der Waals surface area contributed by atoms with E-state index in [1.165, 1.54) is 0 Å². The van der Waals surface area contributed by atoms with Crippen molar-refractivity contribution < 1.29 is 21.6 Å². The summed E-state index contributed by atoms with van der Waals surface area (Å²) >= 11 is 0. The molecule has 0 bridgehead atoms. The van der Waals surface area contributed by atoms with Crippen molar-refractivity contribution in [2.24, 2.45) is 5.73 Å². The van der Waals surface area contributed by atoms with Gasteiger partial charge in [0.05, 0.1) is 10.5 Å². The van der Waals surface area contributed by atoms with Crippen molar-refractivity contribution in [3.63, 3.8) is 0 Å². The van der Waals surface area contributed by atoms with Crippen LogP contribution >= 0.6 is 12.4 Å². The molecule has 0 aliphatic carbocycles. The molecule has 0 heterocycles. The molecular weight excluding hydrogens is 341 g/mol. The summed E-state index contributed by atoms with van der Waals surface area (Å²) in [6, 6.07) is 3.17. The van der Waals surface area contributed by atoms with Crippen LogP contribution in [0.25, 0.3) is 0 Å². The number of benzene rings is 1. The fourth-order valence-electron chi connectivity index (χ4n) is 1.80. The number of nitrogens with one attached hydrogen (secondary N) is 1. The van der Waals surface area contributed by atoms with Crippen molar-refractivity contribution in [2.75, 3.05) is 6.54 Å². The molecule has 1 rings (SSSR count). The maximum atomic E-state index is 12.6. The van der Waals surface area contributed by atoms with E-state index in [1.807, 2.05) is 6.92 Å². The Labute approximate surface area is 134 Å². The molecule has 0 saturated carbocycles. The van der Waals surface area contributed by atoms with E-state index < -0.39 is 32.7 Å². The summed E-state index contributed by atoms with van der Waals surface area (Å²) in [4.78, 5) is -0.410. The van der Waals surface area contributed by atoms with Gasteiger partial charge in [0.15, 0.2) is 0 Å². The molecule has 1 aromatic rings. The summed E-state index contributed by atoms with van der Waals surface area (Å²) in [6.45, 7) is 2.05. The largest absolute Gasteiger partial charge is 0.416 e. The Morgan fingerprint density at radius 3 is 2.45 bits per heavy atom. The number of halogens is 4. The topological polar surface area (TPSA) is 72.2 Å². The molecule has 128 valence electrons. The molecule has 1 unspecified atom stereocenters. The van der Waals surface area contributed by atoms with Gasteiger partial charge in [-0.05, 0) is 24.6 Å². The predicted molar refractivity (Wildman–Crippen MR) is 81.4 cm³/mol.